The minimum Gasteiger partial charge on any atom is -0.350 e. The van der Waals surface area contributed by atoms with Crippen molar-refractivity contribution in [3.63, 3.8) is 0 Å². The van der Waals surface area contributed by atoms with E-state index < -0.39 is 21.7 Å². The number of amides is 1. The predicted molar refractivity (Wildman–Crippen MR) is 94.5 cm³/mol. The zero-order chi connectivity index (χ0) is 18.7. The number of fused-ring (bicyclic) bond motifs is 3. The fraction of sp³-hybridized carbons (Fsp3) is 0.947. The van der Waals surface area contributed by atoms with Crippen LogP contribution in [0.2, 0.25) is 0 Å². The topological polar surface area (TPSA) is 72.9 Å². The van der Waals surface area contributed by atoms with E-state index in [0.29, 0.717) is 18.9 Å². The maximum absolute atomic E-state index is 13.5. The average molecular weight is 384 g/mol. The first-order valence-electron chi connectivity index (χ1n) is 9.89. The molecule has 5 fully saturated rings. The Kier molecular flexibility index (Phi) is 3.25. The number of ether oxygens (including phenoxy) is 2. The summed E-state index contributed by atoms with van der Waals surface area (Å²) in [6.45, 7) is 8.84. The summed E-state index contributed by atoms with van der Waals surface area (Å²) in [7, 11) is -3.58. The van der Waals surface area contributed by atoms with Crippen LogP contribution in [0, 0.1) is 28.6 Å². The van der Waals surface area contributed by atoms with Crippen LogP contribution in [0.1, 0.15) is 53.4 Å². The summed E-state index contributed by atoms with van der Waals surface area (Å²) < 4.78 is 39.4. The molecule has 0 N–H and O–H groups in total. The Morgan fingerprint density at radius 1 is 1.23 bits per heavy atom. The second-order valence-electron chi connectivity index (χ2n) is 10.1. The van der Waals surface area contributed by atoms with Crippen molar-refractivity contribution >= 4 is 15.9 Å². The molecule has 2 saturated carbocycles. The second kappa shape index (κ2) is 4.84. The van der Waals surface area contributed by atoms with Crippen LogP contribution < -0.4 is 0 Å². The molecule has 0 aromatic carbocycles. The van der Waals surface area contributed by atoms with Crippen molar-refractivity contribution in [2.45, 2.75) is 71.3 Å². The van der Waals surface area contributed by atoms with Crippen molar-refractivity contribution in [3.8, 4) is 0 Å². The third-order valence-electron chi connectivity index (χ3n) is 8.53. The minimum absolute atomic E-state index is 0.0236. The van der Waals surface area contributed by atoms with E-state index in [9.17, 15) is 13.2 Å². The number of sulfonamides is 1. The summed E-state index contributed by atoms with van der Waals surface area (Å²) in [6.07, 6.45) is 3.01. The molecule has 7 heteroatoms. The number of hydrogen-bond donors (Lipinski definition) is 0. The molecule has 1 amide bonds. The van der Waals surface area contributed by atoms with Crippen LogP contribution in [0.4, 0.5) is 0 Å². The molecule has 0 aromatic heterocycles. The third kappa shape index (κ3) is 1.90. The van der Waals surface area contributed by atoms with Gasteiger partial charge in [-0.2, -0.15) is 0 Å². The van der Waals surface area contributed by atoms with Crippen molar-refractivity contribution in [1.82, 2.24) is 4.31 Å². The van der Waals surface area contributed by atoms with Crippen LogP contribution in [-0.2, 0) is 24.3 Å². The SMILES string of the molecule is C[C@@H]1CO[C@]2(C)C[C@@H](C(=O)N3[C@@H]4CC5CC[C@]4(CS3(=O)=O)C5(C)C)[C@H]1O2. The van der Waals surface area contributed by atoms with Crippen molar-refractivity contribution in [2.24, 2.45) is 28.6 Å². The Morgan fingerprint density at radius 2 is 1.96 bits per heavy atom. The molecule has 3 aliphatic heterocycles. The first-order chi connectivity index (χ1) is 12.0. The van der Waals surface area contributed by atoms with Crippen LogP contribution in [0.3, 0.4) is 0 Å². The first-order valence-corrected chi connectivity index (χ1v) is 11.5. The molecule has 0 radical (unpaired) electrons. The molecule has 3 heterocycles. The van der Waals surface area contributed by atoms with Gasteiger partial charge >= 0.3 is 0 Å². The zero-order valence-electron chi connectivity index (χ0n) is 16.0. The molecule has 1 unspecified atom stereocenters. The summed E-state index contributed by atoms with van der Waals surface area (Å²) in [5, 5.41) is 0. The highest BCUT2D eigenvalue weighted by atomic mass is 32.2. The summed E-state index contributed by atoms with van der Waals surface area (Å²) >= 11 is 0. The summed E-state index contributed by atoms with van der Waals surface area (Å²) in [5.41, 5.74) is -0.295. The average Bonchev–Trinajstić information content (AvgIpc) is 3.13. The van der Waals surface area contributed by atoms with Gasteiger partial charge in [0, 0.05) is 17.8 Å². The molecule has 4 bridgehead atoms. The van der Waals surface area contributed by atoms with Gasteiger partial charge in [-0.05, 0) is 37.5 Å². The number of nitrogens with zero attached hydrogens (tertiary/aromatic N) is 1. The van der Waals surface area contributed by atoms with Gasteiger partial charge in [0.2, 0.25) is 15.9 Å². The summed E-state index contributed by atoms with van der Waals surface area (Å²) in [5.74, 6) is -0.702. The quantitative estimate of drug-likeness (QED) is 0.694. The zero-order valence-corrected chi connectivity index (χ0v) is 16.8. The maximum atomic E-state index is 13.5. The highest BCUT2D eigenvalue weighted by Gasteiger charge is 2.73. The normalized spacial score (nSPS) is 53.1. The largest absolute Gasteiger partial charge is 0.350 e. The lowest BCUT2D eigenvalue weighted by molar-refractivity contribution is -0.265. The Balaban J connectivity index is 1.52. The fourth-order valence-corrected chi connectivity index (χ4v) is 9.50. The van der Waals surface area contributed by atoms with E-state index in [0.717, 1.165) is 19.3 Å². The van der Waals surface area contributed by atoms with E-state index >= 15 is 0 Å². The fourth-order valence-electron chi connectivity index (χ4n) is 6.91. The van der Waals surface area contributed by atoms with E-state index in [1.165, 1.54) is 4.31 Å². The molecular formula is C19H29NO5S. The number of hydrogen-bond acceptors (Lipinski definition) is 5. The molecular weight excluding hydrogens is 354 g/mol. The first kappa shape index (κ1) is 17.4. The van der Waals surface area contributed by atoms with Crippen LogP contribution in [0.15, 0.2) is 0 Å². The molecule has 26 heavy (non-hydrogen) atoms. The van der Waals surface area contributed by atoms with Gasteiger partial charge in [0.05, 0.1) is 30.4 Å². The van der Waals surface area contributed by atoms with Gasteiger partial charge in [0.1, 0.15) is 0 Å². The Bertz CT molecular complexity index is 779. The second-order valence-corrected chi connectivity index (χ2v) is 11.9. The molecule has 2 aliphatic carbocycles. The Labute approximate surface area is 155 Å². The van der Waals surface area contributed by atoms with Crippen LogP contribution in [0.5, 0.6) is 0 Å². The van der Waals surface area contributed by atoms with Gasteiger partial charge in [0.25, 0.3) is 0 Å². The van der Waals surface area contributed by atoms with Crippen molar-refractivity contribution in [3.05, 3.63) is 0 Å². The lowest BCUT2D eigenvalue weighted by Crippen LogP contribution is -2.48. The molecule has 0 aromatic rings. The van der Waals surface area contributed by atoms with Gasteiger partial charge in [-0.25, -0.2) is 12.7 Å². The lowest BCUT2D eigenvalue weighted by atomic mass is 9.69. The Hall–Kier alpha value is -0.660. The van der Waals surface area contributed by atoms with Crippen LogP contribution in [0.25, 0.3) is 0 Å². The van der Waals surface area contributed by atoms with Crippen molar-refractivity contribution in [2.75, 3.05) is 12.4 Å². The number of carbonyl (C=O) groups is 1. The van der Waals surface area contributed by atoms with Gasteiger partial charge in [-0.3, -0.25) is 4.79 Å². The standard InChI is InChI=1S/C19H29NO5S/c1-11-9-24-18(4)8-13(15(11)25-18)16(21)20-14-7-12-5-6-19(14,17(12,2)3)10-26(20,22)23/h11-15H,5-10H2,1-4H3/t11-,12?,13-,14-,15+,18+,19-/m1/s1. The molecule has 5 rings (SSSR count). The number of rotatable bonds is 1. The molecule has 146 valence electrons. The summed E-state index contributed by atoms with van der Waals surface area (Å²) in [4.78, 5) is 13.5. The van der Waals surface area contributed by atoms with E-state index in [4.69, 9.17) is 9.47 Å². The maximum Gasteiger partial charge on any atom is 0.242 e. The van der Waals surface area contributed by atoms with E-state index in [1.54, 1.807) is 0 Å². The smallest absolute Gasteiger partial charge is 0.242 e. The van der Waals surface area contributed by atoms with E-state index in [1.807, 2.05) is 13.8 Å². The van der Waals surface area contributed by atoms with Crippen molar-refractivity contribution in [1.29, 1.82) is 0 Å². The summed E-state index contributed by atoms with van der Waals surface area (Å²) in [6, 6.07) is -0.168. The van der Waals surface area contributed by atoms with Crippen molar-refractivity contribution < 1.29 is 22.7 Å². The molecule has 7 atom stereocenters. The third-order valence-corrected chi connectivity index (χ3v) is 10.4. The van der Waals surface area contributed by atoms with Crippen LogP contribution >= 0.6 is 0 Å². The molecule has 1 spiro atoms. The van der Waals surface area contributed by atoms with Gasteiger partial charge in [-0.1, -0.05) is 20.8 Å². The monoisotopic (exact) mass is 383 g/mol. The van der Waals surface area contributed by atoms with Gasteiger partial charge in [-0.15, -0.1) is 0 Å². The van der Waals surface area contributed by atoms with Gasteiger partial charge in [0.15, 0.2) is 5.79 Å². The van der Waals surface area contributed by atoms with Gasteiger partial charge < -0.3 is 9.47 Å². The number of carbonyl (C=O) groups excluding carboxylic acids is 1. The minimum atomic E-state index is -3.58. The lowest BCUT2D eigenvalue weighted by Gasteiger charge is -2.37. The highest BCUT2D eigenvalue weighted by molar-refractivity contribution is 7.90. The molecule has 6 nitrogen and oxygen atoms in total. The van der Waals surface area contributed by atoms with Crippen LogP contribution in [-0.4, -0.2) is 48.9 Å². The highest BCUT2D eigenvalue weighted by Crippen LogP contribution is 2.70. The predicted octanol–water partition coefficient (Wildman–Crippen LogP) is 2.14. The van der Waals surface area contributed by atoms with E-state index in [2.05, 4.69) is 13.8 Å². The molecule has 3 saturated heterocycles. The molecule has 5 aliphatic rings. The Morgan fingerprint density at radius 3 is 2.65 bits per heavy atom. The van der Waals surface area contributed by atoms with E-state index in [-0.39, 0.29) is 40.6 Å².